The zero-order valence-corrected chi connectivity index (χ0v) is 27.3. The summed E-state index contributed by atoms with van der Waals surface area (Å²) in [5.41, 5.74) is 9.79. The van der Waals surface area contributed by atoms with Gasteiger partial charge < -0.3 is 9.32 Å². The van der Waals surface area contributed by atoms with Gasteiger partial charge in [0.15, 0.2) is 5.58 Å². The van der Waals surface area contributed by atoms with Crippen molar-refractivity contribution >= 4 is 81.3 Å². The summed E-state index contributed by atoms with van der Waals surface area (Å²) in [6.07, 6.45) is 0. The van der Waals surface area contributed by atoms with Gasteiger partial charge >= 0.3 is 0 Å². The monoisotopic (exact) mass is 643 g/mol. The van der Waals surface area contributed by atoms with Crippen molar-refractivity contribution < 1.29 is 4.42 Å². The van der Waals surface area contributed by atoms with E-state index in [1.165, 1.54) is 47.8 Å². The number of thiophene rings is 1. The maximum atomic E-state index is 7.05. The molecule has 0 bridgehead atoms. The van der Waals surface area contributed by atoms with Gasteiger partial charge in [0, 0.05) is 42.0 Å². The fourth-order valence-electron chi connectivity index (χ4n) is 7.42. The first-order valence-electron chi connectivity index (χ1n) is 16.6. The number of benzene rings is 8. The molecule has 0 unspecified atom stereocenters. The highest BCUT2D eigenvalue weighted by Crippen LogP contribution is 2.49. The second-order valence-corrected chi connectivity index (χ2v) is 13.5. The van der Waals surface area contributed by atoms with Crippen LogP contribution in [-0.4, -0.2) is 0 Å². The molecule has 0 aliphatic rings. The molecule has 2 heterocycles. The number of furan rings is 1. The lowest BCUT2D eigenvalue weighted by atomic mass is 9.95. The first kappa shape index (κ1) is 27.9. The highest BCUT2D eigenvalue weighted by atomic mass is 32.1. The Bertz CT molecular complexity index is 2810. The van der Waals surface area contributed by atoms with E-state index in [1.807, 2.05) is 11.3 Å². The predicted molar refractivity (Wildman–Crippen MR) is 210 cm³/mol. The molecule has 3 heteroatoms. The molecule has 0 spiro atoms. The number of fused-ring (bicyclic) bond motifs is 8. The number of rotatable bonds is 5. The van der Waals surface area contributed by atoms with Crippen LogP contribution in [0.2, 0.25) is 0 Å². The molecule has 10 aromatic rings. The van der Waals surface area contributed by atoms with Gasteiger partial charge in [-0.05, 0) is 70.1 Å². The average molecular weight is 644 g/mol. The third kappa shape index (κ3) is 4.47. The summed E-state index contributed by atoms with van der Waals surface area (Å²) >= 11 is 1.84. The second-order valence-electron chi connectivity index (χ2n) is 12.5. The molecule has 0 N–H and O–H groups in total. The van der Waals surface area contributed by atoms with Crippen molar-refractivity contribution in [3.63, 3.8) is 0 Å². The van der Waals surface area contributed by atoms with E-state index < -0.39 is 0 Å². The van der Waals surface area contributed by atoms with Gasteiger partial charge in [0.25, 0.3) is 0 Å². The van der Waals surface area contributed by atoms with Crippen molar-refractivity contribution in [2.45, 2.75) is 0 Å². The Morgan fingerprint density at radius 2 is 0.959 bits per heavy atom. The fourth-order valence-corrected chi connectivity index (χ4v) is 8.55. The van der Waals surface area contributed by atoms with Crippen LogP contribution in [0.25, 0.3) is 75.1 Å². The zero-order valence-electron chi connectivity index (χ0n) is 26.5. The maximum absolute atomic E-state index is 7.05. The van der Waals surface area contributed by atoms with Crippen LogP contribution < -0.4 is 4.90 Å². The Balaban J connectivity index is 1.27. The summed E-state index contributed by atoms with van der Waals surface area (Å²) in [5.74, 6) is 0. The van der Waals surface area contributed by atoms with Crippen LogP contribution in [0.4, 0.5) is 17.1 Å². The van der Waals surface area contributed by atoms with Gasteiger partial charge in [-0.25, -0.2) is 0 Å². The largest absolute Gasteiger partial charge is 0.453 e. The molecular weight excluding hydrogens is 615 g/mol. The van der Waals surface area contributed by atoms with Gasteiger partial charge in [0.1, 0.15) is 5.58 Å². The first-order chi connectivity index (χ1) is 24.3. The Kier molecular flexibility index (Phi) is 6.39. The van der Waals surface area contributed by atoms with E-state index in [9.17, 15) is 0 Å². The summed E-state index contributed by atoms with van der Waals surface area (Å²) in [4.78, 5) is 2.39. The van der Waals surface area contributed by atoms with Crippen molar-refractivity contribution in [3.8, 4) is 22.3 Å². The van der Waals surface area contributed by atoms with Crippen LogP contribution in [0.3, 0.4) is 0 Å². The normalized spacial score (nSPS) is 11.7. The van der Waals surface area contributed by atoms with Crippen molar-refractivity contribution in [1.29, 1.82) is 0 Å². The number of hydrogen-bond acceptors (Lipinski definition) is 3. The second kappa shape index (κ2) is 11.2. The van der Waals surface area contributed by atoms with E-state index in [1.54, 1.807) is 0 Å². The number of hydrogen-bond donors (Lipinski definition) is 0. The minimum Gasteiger partial charge on any atom is -0.453 e. The lowest BCUT2D eigenvalue weighted by Crippen LogP contribution is -2.10. The molecule has 2 aromatic heterocycles. The highest BCUT2D eigenvalue weighted by Gasteiger charge is 2.23. The van der Waals surface area contributed by atoms with Crippen LogP contribution in [0.1, 0.15) is 0 Å². The molecule has 0 saturated heterocycles. The number of para-hydroxylation sites is 1. The maximum Gasteiger partial charge on any atom is 0.159 e. The summed E-state index contributed by atoms with van der Waals surface area (Å²) < 4.78 is 9.59. The van der Waals surface area contributed by atoms with Gasteiger partial charge in [0.2, 0.25) is 0 Å². The molecule has 0 radical (unpaired) electrons. The fraction of sp³-hybridized carbons (Fsp3) is 0. The molecule has 2 nitrogen and oxygen atoms in total. The van der Waals surface area contributed by atoms with Crippen molar-refractivity contribution in [2.24, 2.45) is 0 Å². The molecule has 230 valence electrons. The van der Waals surface area contributed by atoms with Crippen LogP contribution in [0.5, 0.6) is 0 Å². The molecule has 49 heavy (non-hydrogen) atoms. The van der Waals surface area contributed by atoms with E-state index >= 15 is 0 Å². The van der Waals surface area contributed by atoms with Crippen LogP contribution in [-0.2, 0) is 0 Å². The van der Waals surface area contributed by atoms with E-state index in [4.69, 9.17) is 4.42 Å². The first-order valence-corrected chi connectivity index (χ1v) is 17.4. The molecule has 10 rings (SSSR count). The molecular formula is C46H29NOS. The van der Waals surface area contributed by atoms with E-state index in [0.717, 1.165) is 44.4 Å². The van der Waals surface area contributed by atoms with Crippen molar-refractivity contribution in [1.82, 2.24) is 0 Å². The Hall–Kier alpha value is -6.16. The van der Waals surface area contributed by atoms with Gasteiger partial charge in [-0.15, -0.1) is 11.3 Å². The molecule has 8 aromatic carbocycles. The van der Waals surface area contributed by atoms with Gasteiger partial charge in [-0.2, -0.15) is 0 Å². The highest BCUT2D eigenvalue weighted by molar-refractivity contribution is 7.26. The molecule has 0 amide bonds. The molecule has 0 aliphatic carbocycles. The lowest BCUT2D eigenvalue weighted by Gasteiger charge is -2.26. The quantitative estimate of drug-likeness (QED) is 0.186. The zero-order chi connectivity index (χ0) is 32.3. The number of anilines is 3. The SMILES string of the molecule is c1ccc(-c2ccc(N(c3cccc4c3oc3c5ccccc5c(-c5ccccc5)cc43)c3cccc4sc5ccccc5c34)cc2)cc1. The minimum atomic E-state index is 0.872. The van der Waals surface area contributed by atoms with E-state index in [-0.39, 0.29) is 0 Å². The minimum absolute atomic E-state index is 0.872. The van der Waals surface area contributed by atoms with Crippen LogP contribution in [0.15, 0.2) is 180 Å². The molecule has 0 fully saturated rings. The third-order valence-corrected chi connectivity index (χ3v) is 10.8. The van der Waals surface area contributed by atoms with Crippen LogP contribution >= 0.6 is 11.3 Å². The summed E-state index contributed by atoms with van der Waals surface area (Å²) in [5, 5.41) is 7.03. The van der Waals surface area contributed by atoms with Gasteiger partial charge in [-0.1, -0.05) is 133 Å². The van der Waals surface area contributed by atoms with Gasteiger partial charge in [-0.3, -0.25) is 0 Å². The smallest absolute Gasteiger partial charge is 0.159 e. The van der Waals surface area contributed by atoms with E-state index in [0.29, 0.717) is 0 Å². The Morgan fingerprint density at radius 1 is 0.388 bits per heavy atom. The Labute approximate surface area is 287 Å². The Morgan fingerprint density at radius 3 is 1.76 bits per heavy atom. The van der Waals surface area contributed by atoms with Crippen molar-refractivity contribution in [2.75, 3.05) is 4.90 Å². The average Bonchev–Trinajstić information content (AvgIpc) is 3.75. The van der Waals surface area contributed by atoms with Gasteiger partial charge in [0.05, 0.1) is 11.4 Å². The summed E-state index contributed by atoms with van der Waals surface area (Å²) in [6.45, 7) is 0. The summed E-state index contributed by atoms with van der Waals surface area (Å²) in [7, 11) is 0. The van der Waals surface area contributed by atoms with Crippen molar-refractivity contribution in [3.05, 3.63) is 176 Å². The van der Waals surface area contributed by atoms with E-state index in [2.05, 4.69) is 181 Å². The summed E-state index contributed by atoms with van der Waals surface area (Å²) in [6, 6.07) is 63.0. The molecule has 0 aliphatic heterocycles. The molecule has 0 atom stereocenters. The molecule has 0 saturated carbocycles. The lowest BCUT2D eigenvalue weighted by molar-refractivity contribution is 0.673. The standard InChI is InChI=1S/C46H29NOS/c1-3-13-30(14-4-1)31-25-27-33(28-26-31)47(40-21-12-24-43-44(40)37-19-9-10-23-42(37)49-43)41-22-11-20-36-39-29-38(32-15-5-2-6-16-32)34-17-7-8-18-35(34)45(39)48-46(36)41/h1-29H. The predicted octanol–water partition coefficient (Wildman–Crippen LogP) is 13.9. The topological polar surface area (TPSA) is 16.4 Å². The third-order valence-electron chi connectivity index (χ3n) is 9.66. The number of nitrogens with zero attached hydrogens (tertiary/aromatic N) is 1. The van der Waals surface area contributed by atoms with Crippen LogP contribution in [0, 0.1) is 0 Å².